The molecule has 0 aromatic heterocycles. The van der Waals surface area contributed by atoms with Crippen LogP contribution in [-0.4, -0.2) is 85.4 Å². The predicted molar refractivity (Wildman–Crippen MR) is 129 cm³/mol. The summed E-state index contributed by atoms with van der Waals surface area (Å²) < 4.78 is 68.4. The summed E-state index contributed by atoms with van der Waals surface area (Å²) in [7, 11) is -2.16. The maximum atomic E-state index is 15.1. The van der Waals surface area contributed by atoms with Crippen LogP contribution in [0, 0.1) is 11.6 Å². The molecule has 2 heterocycles. The highest BCUT2D eigenvalue weighted by Gasteiger charge is 2.47. The first-order valence-corrected chi connectivity index (χ1v) is 13.3. The van der Waals surface area contributed by atoms with Gasteiger partial charge < -0.3 is 14.9 Å². The molecule has 11 heteroatoms. The number of carbonyl (C=O) groups is 1. The fourth-order valence-electron chi connectivity index (χ4n) is 4.99. The zero-order chi connectivity index (χ0) is 26.3. The lowest BCUT2D eigenvalue weighted by molar-refractivity contribution is 0.0507. The summed E-state index contributed by atoms with van der Waals surface area (Å²) in [5.41, 5.74) is -0.591. The Bertz CT molecular complexity index is 1270. The van der Waals surface area contributed by atoms with Crippen LogP contribution in [0.4, 0.5) is 18.0 Å². The summed E-state index contributed by atoms with van der Waals surface area (Å²) >= 11 is 0. The summed E-state index contributed by atoms with van der Waals surface area (Å²) in [5.74, 6) is -1.33. The Morgan fingerprint density at radius 3 is 2.50 bits per heavy atom. The fourth-order valence-corrected chi connectivity index (χ4v) is 5.84. The molecule has 1 saturated heterocycles. The van der Waals surface area contributed by atoms with Gasteiger partial charge in [-0.3, -0.25) is 0 Å². The third kappa shape index (κ3) is 4.74. The molecule has 2 aromatic carbocycles. The van der Waals surface area contributed by atoms with Gasteiger partial charge in [0.2, 0.25) is 10.0 Å². The van der Waals surface area contributed by atoms with Gasteiger partial charge in [0.15, 0.2) is 0 Å². The summed E-state index contributed by atoms with van der Waals surface area (Å²) in [5, 5.41) is 10.6. The summed E-state index contributed by atoms with van der Waals surface area (Å²) in [4.78, 5) is 16.3. The van der Waals surface area contributed by atoms with Gasteiger partial charge in [-0.2, -0.15) is 4.31 Å². The smallest absolute Gasteiger partial charge is 0.321 e. The monoisotopic (exact) mass is 523 g/mol. The fraction of sp³-hybridized carbons (Fsp3) is 0.400. The van der Waals surface area contributed by atoms with Crippen LogP contribution in [-0.2, 0) is 15.6 Å². The quantitative estimate of drug-likeness (QED) is 0.654. The van der Waals surface area contributed by atoms with E-state index in [1.165, 1.54) is 16.8 Å². The molecule has 2 aliphatic heterocycles. The Morgan fingerprint density at radius 2 is 1.89 bits per heavy atom. The molecule has 0 aliphatic carbocycles. The number of aliphatic hydroxyl groups excluding tert-OH is 1. The van der Waals surface area contributed by atoms with Crippen molar-refractivity contribution in [2.45, 2.75) is 24.2 Å². The second-order valence-corrected chi connectivity index (χ2v) is 11.2. The van der Waals surface area contributed by atoms with Gasteiger partial charge in [-0.15, -0.1) is 0 Å². The normalized spacial score (nSPS) is 25.1. The number of amides is 2. The molecule has 4 rings (SSSR count). The van der Waals surface area contributed by atoms with Crippen LogP contribution in [0.1, 0.15) is 17.5 Å². The van der Waals surface area contributed by atoms with Crippen molar-refractivity contribution in [2.75, 3.05) is 39.5 Å². The Hall–Kier alpha value is -2.89. The van der Waals surface area contributed by atoms with Gasteiger partial charge >= 0.3 is 6.03 Å². The molecular formula is C25H28F3N3O4S. The average Bonchev–Trinajstić information content (AvgIpc) is 3.25. The maximum Gasteiger partial charge on any atom is 0.321 e. The van der Waals surface area contributed by atoms with Crippen molar-refractivity contribution >= 4 is 21.6 Å². The molecular weight excluding hydrogens is 495 g/mol. The van der Waals surface area contributed by atoms with Crippen LogP contribution in [0.15, 0.2) is 54.6 Å². The van der Waals surface area contributed by atoms with Crippen LogP contribution in [0.3, 0.4) is 0 Å². The van der Waals surface area contributed by atoms with E-state index in [-0.39, 0.29) is 31.6 Å². The highest BCUT2D eigenvalue weighted by Crippen LogP contribution is 2.41. The Labute approximate surface area is 208 Å². The molecule has 36 heavy (non-hydrogen) atoms. The number of alkyl halides is 1. The van der Waals surface area contributed by atoms with Crippen LogP contribution in [0.2, 0.25) is 0 Å². The molecule has 2 aromatic rings. The lowest BCUT2D eigenvalue weighted by Crippen LogP contribution is -2.59. The zero-order valence-corrected chi connectivity index (χ0v) is 20.8. The molecule has 0 spiro atoms. The molecule has 0 radical (unpaired) electrons. The number of hydrogen-bond acceptors (Lipinski definition) is 4. The van der Waals surface area contributed by atoms with Crippen molar-refractivity contribution < 1.29 is 31.5 Å². The molecule has 0 bridgehead atoms. The van der Waals surface area contributed by atoms with E-state index in [1.807, 2.05) is 0 Å². The minimum atomic E-state index is -3.58. The Balaban J connectivity index is 1.70. The average molecular weight is 524 g/mol. The van der Waals surface area contributed by atoms with E-state index in [4.69, 9.17) is 0 Å². The molecule has 1 fully saturated rings. The number of carbonyl (C=O) groups excluding carboxylic acids is 1. The number of halogens is 3. The minimum Gasteiger partial charge on any atom is -0.393 e. The topological polar surface area (TPSA) is 81.2 Å². The molecule has 2 amide bonds. The van der Waals surface area contributed by atoms with E-state index in [9.17, 15) is 27.1 Å². The second-order valence-electron chi connectivity index (χ2n) is 9.21. The minimum absolute atomic E-state index is 0.0356. The first-order chi connectivity index (χ1) is 17.0. The summed E-state index contributed by atoms with van der Waals surface area (Å²) in [6.07, 6.45) is 1.01. The second kappa shape index (κ2) is 9.87. The number of rotatable bonds is 5. The Morgan fingerprint density at radius 1 is 1.19 bits per heavy atom. The predicted octanol–water partition coefficient (Wildman–Crippen LogP) is 2.98. The van der Waals surface area contributed by atoms with Crippen molar-refractivity contribution in [3.8, 4) is 0 Å². The van der Waals surface area contributed by atoms with Crippen molar-refractivity contribution in [1.82, 2.24) is 14.1 Å². The number of sulfonamides is 1. The molecule has 1 N–H and O–H groups in total. The molecule has 3 atom stereocenters. The number of benzene rings is 2. The highest BCUT2D eigenvalue weighted by atomic mass is 32.2. The largest absolute Gasteiger partial charge is 0.393 e. The lowest BCUT2D eigenvalue weighted by atomic mass is 9.89. The standard InChI is InChI=1S/C25H28F3N3O4S/c1-29(23-10-11-30(15-22(23)28)36(2,34)35)24(33)31-14-17(20-12-19(26)8-9-21(20)27)13-25(31,16-32)18-6-4-3-5-7-18/h3-9,12-13,22-23,32H,10-11,14-16H2,1-2H3/t22-,23+,25-/m1/s1. The van der Waals surface area contributed by atoms with Gasteiger partial charge in [0.25, 0.3) is 0 Å². The molecule has 7 nitrogen and oxygen atoms in total. The van der Waals surface area contributed by atoms with Gasteiger partial charge in [0.05, 0.1) is 18.9 Å². The third-order valence-corrected chi connectivity index (χ3v) is 8.25. The maximum absolute atomic E-state index is 15.1. The number of hydrogen-bond donors (Lipinski definition) is 1. The van der Waals surface area contributed by atoms with E-state index >= 15 is 4.39 Å². The molecule has 194 valence electrons. The van der Waals surface area contributed by atoms with Gasteiger partial charge in [-0.05, 0) is 41.8 Å². The first-order valence-electron chi connectivity index (χ1n) is 11.4. The van der Waals surface area contributed by atoms with Gasteiger partial charge in [0.1, 0.15) is 23.3 Å². The van der Waals surface area contributed by atoms with Crippen LogP contribution in [0.25, 0.3) is 5.57 Å². The van der Waals surface area contributed by atoms with Crippen molar-refractivity contribution in [1.29, 1.82) is 0 Å². The number of urea groups is 1. The van der Waals surface area contributed by atoms with E-state index in [2.05, 4.69) is 0 Å². The summed E-state index contributed by atoms with van der Waals surface area (Å²) in [6.45, 7) is -1.02. The van der Waals surface area contributed by atoms with E-state index in [0.717, 1.165) is 28.8 Å². The number of aliphatic hydroxyl groups is 1. The van der Waals surface area contributed by atoms with Gasteiger partial charge in [0, 0.05) is 32.2 Å². The number of nitrogens with zero attached hydrogens (tertiary/aromatic N) is 3. The highest BCUT2D eigenvalue weighted by molar-refractivity contribution is 7.88. The zero-order valence-electron chi connectivity index (χ0n) is 19.9. The SMILES string of the molecule is CN(C(=O)N1CC(c2cc(F)ccc2F)=C[C@@]1(CO)c1ccccc1)[C@H]1CCN(S(C)(=O)=O)C[C@H]1F. The van der Waals surface area contributed by atoms with Gasteiger partial charge in [-0.1, -0.05) is 30.3 Å². The summed E-state index contributed by atoms with van der Waals surface area (Å²) in [6, 6.07) is 10.1. The van der Waals surface area contributed by atoms with E-state index in [1.54, 1.807) is 36.4 Å². The lowest BCUT2D eigenvalue weighted by Gasteiger charge is -2.43. The number of piperidine rings is 1. The first kappa shape index (κ1) is 26.2. The van der Waals surface area contributed by atoms with Crippen LogP contribution >= 0.6 is 0 Å². The van der Waals surface area contributed by atoms with Crippen molar-refractivity contribution in [3.63, 3.8) is 0 Å². The van der Waals surface area contributed by atoms with E-state index in [0.29, 0.717) is 11.1 Å². The Kier molecular flexibility index (Phi) is 7.18. The van der Waals surface area contributed by atoms with Gasteiger partial charge in [-0.25, -0.2) is 26.4 Å². The van der Waals surface area contributed by atoms with E-state index < -0.39 is 52.0 Å². The van der Waals surface area contributed by atoms with Crippen molar-refractivity contribution in [3.05, 3.63) is 77.4 Å². The molecule has 2 aliphatic rings. The van der Waals surface area contributed by atoms with Crippen molar-refractivity contribution in [2.24, 2.45) is 0 Å². The third-order valence-electron chi connectivity index (χ3n) is 6.98. The molecule has 0 unspecified atom stereocenters. The molecule has 0 saturated carbocycles. The van der Waals surface area contributed by atoms with Crippen LogP contribution in [0.5, 0.6) is 0 Å². The van der Waals surface area contributed by atoms with Crippen LogP contribution < -0.4 is 0 Å².